The quantitative estimate of drug-likeness (QED) is 0.480. The third kappa shape index (κ3) is 6.57. The number of nitrogens with one attached hydrogen (secondary N) is 1. The van der Waals surface area contributed by atoms with Crippen molar-refractivity contribution < 1.29 is 9.53 Å². The van der Waals surface area contributed by atoms with Gasteiger partial charge < -0.3 is 15.0 Å². The van der Waals surface area contributed by atoms with Crippen LogP contribution in [0.25, 0.3) is 5.95 Å². The summed E-state index contributed by atoms with van der Waals surface area (Å²) in [6, 6.07) is 9.79. The van der Waals surface area contributed by atoms with Gasteiger partial charge in [0.2, 0.25) is 11.9 Å². The van der Waals surface area contributed by atoms with Crippen LogP contribution in [0, 0.1) is 6.92 Å². The molecule has 0 spiro atoms. The van der Waals surface area contributed by atoms with Gasteiger partial charge in [0, 0.05) is 56.8 Å². The fraction of sp³-hybridized carbons (Fsp3) is 0.462. The van der Waals surface area contributed by atoms with Gasteiger partial charge in [0.15, 0.2) is 0 Å². The number of aromatic nitrogens is 4. The number of hydrogen-bond donors (Lipinski definition) is 1. The van der Waals surface area contributed by atoms with Crippen LogP contribution in [0.1, 0.15) is 37.4 Å². The Morgan fingerprint density at radius 1 is 1.20 bits per heavy atom. The van der Waals surface area contributed by atoms with Crippen molar-refractivity contribution in [1.29, 1.82) is 0 Å². The van der Waals surface area contributed by atoms with E-state index in [1.165, 1.54) is 0 Å². The average molecular weight is 478 g/mol. The molecule has 3 heterocycles. The highest BCUT2D eigenvalue weighted by atomic mass is 16.5. The van der Waals surface area contributed by atoms with Gasteiger partial charge in [-0.05, 0) is 37.6 Å². The Kier molecular flexibility index (Phi) is 8.31. The van der Waals surface area contributed by atoms with Crippen molar-refractivity contribution in [2.45, 2.75) is 45.7 Å². The van der Waals surface area contributed by atoms with Crippen LogP contribution < -0.4 is 15.0 Å². The smallest absolute Gasteiger partial charge is 0.237 e. The molecule has 0 radical (unpaired) electrons. The summed E-state index contributed by atoms with van der Waals surface area (Å²) < 4.78 is 7.02. The monoisotopic (exact) mass is 477 g/mol. The first-order valence-corrected chi connectivity index (χ1v) is 12.3. The van der Waals surface area contributed by atoms with Gasteiger partial charge in [-0.3, -0.25) is 14.3 Å². The number of carbonyl (C=O) groups excluding carboxylic acids is 1. The van der Waals surface area contributed by atoms with E-state index in [0.29, 0.717) is 18.9 Å². The number of nitrogens with zero attached hydrogens (tertiary/aromatic N) is 6. The molecule has 1 atom stereocenters. The van der Waals surface area contributed by atoms with Crippen LogP contribution in [0.15, 0.2) is 49.1 Å². The molecule has 4 rings (SSSR count). The number of piperazine rings is 1. The van der Waals surface area contributed by atoms with E-state index in [-0.39, 0.29) is 11.9 Å². The fourth-order valence-electron chi connectivity index (χ4n) is 4.39. The van der Waals surface area contributed by atoms with Crippen LogP contribution in [-0.4, -0.2) is 69.7 Å². The molecule has 1 amide bonds. The fourth-order valence-corrected chi connectivity index (χ4v) is 4.39. The summed E-state index contributed by atoms with van der Waals surface area (Å²) in [7, 11) is 1.65. The Hall–Kier alpha value is -3.46. The third-order valence-corrected chi connectivity index (χ3v) is 6.32. The number of anilines is 1. The van der Waals surface area contributed by atoms with Gasteiger partial charge in [-0.2, -0.15) is 4.98 Å². The van der Waals surface area contributed by atoms with Gasteiger partial charge in [0.25, 0.3) is 0 Å². The summed E-state index contributed by atoms with van der Waals surface area (Å²) in [5, 5.41) is 3.09. The number of ether oxygens (including phenoxy) is 1. The molecule has 0 bridgehead atoms. The first-order valence-electron chi connectivity index (χ1n) is 12.3. The number of carbonyl (C=O) groups is 1. The summed E-state index contributed by atoms with van der Waals surface area (Å²) in [6.45, 7) is 8.33. The molecule has 1 fully saturated rings. The summed E-state index contributed by atoms with van der Waals surface area (Å²) in [6.07, 6.45) is 7.98. The van der Waals surface area contributed by atoms with E-state index in [4.69, 9.17) is 9.72 Å². The number of unbranched alkanes of at least 4 members (excludes halogenated alkanes) is 1. The molecular formula is C26H35N7O2. The summed E-state index contributed by atoms with van der Waals surface area (Å²) in [4.78, 5) is 31.3. The number of aryl methyl sites for hydroxylation is 1. The minimum absolute atomic E-state index is 0.0291. The maximum absolute atomic E-state index is 13.0. The minimum Gasteiger partial charge on any atom is -0.497 e. The highest BCUT2D eigenvalue weighted by molar-refractivity contribution is 5.77. The molecule has 9 heteroatoms. The molecular weight excluding hydrogens is 442 g/mol. The zero-order valence-electron chi connectivity index (χ0n) is 20.9. The van der Waals surface area contributed by atoms with E-state index in [2.05, 4.69) is 32.0 Å². The Balaban J connectivity index is 1.48. The second-order valence-electron chi connectivity index (χ2n) is 8.97. The predicted molar refractivity (Wildman–Crippen MR) is 136 cm³/mol. The van der Waals surface area contributed by atoms with E-state index in [9.17, 15) is 4.79 Å². The molecule has 3 aromatic rings. The molecule has 1 aliphatic rings. The number of rotatable bonds is 10. The molecule has 1 aliphatic heterocycles. The lowest BCUT2D eigenvalue weighted by atomic mass is 10.1. The summed E-state index contributed by atoms with van der Waals surface area (Å²) in [5.74, 6) is 2.28. The molecule has 1 unspecified atom stereocenters. The normalized spacial score (nSPS) is 16.3. The molecule has 1 N–H and O–H groups in total. The van der Waals surface area contributed by atoms with Crippen LogP contribution in [0.2, 0.25) is 0 Å². The van der Waals surface area contributed by atoms with Gasteiger partial charge in [-0.15, -0.1) is 0 Å². The average Bonchev–Trinajstić information content (AvgIpc) is 3.41. The topological polar surface area (TPSA) is 88.4 Å². The Morgan fingerprint density at radius 3 is 2.74 bits per heavy atom. The van der Waals surface area contributed by atoms with Gasteiger partial charge >= 0.3 is 0 Å². The second-order valence-corrected chi connectivity index (χ2v) is 8.97. The highest BCUT2D eigenvalue weighted by Crippen LogP contribution is 2.23. The lowest BCUT2D eigenvalue weighted by Crippen LogP contribution is -2.55. The second kappa shape index (κ2) is 11.8. The molecule has 1 saturated heterocycles. The number of methoxy groups -OCH3 is 1. The lowest BCUT2D eigenvalue weighted by molar-refractivity contribution is -0.121. The summed E-state index contributed by atoms with van der Waals surface area (Å²) >= 11 is 0. The van der Waals surface area contributed by atoms with Crippen molar-refractivity contribution >= 4 is 11.7 Å². The number of imidazole rings is 1. The van der Waals surface area contributed by atoms with Crippen LogP contribution in [0.5, 0.6) is 5.75 Å². The van der Waals surface area contributed by atoms with Crippen LogP contribution in [-0.2, 0) is 11.3 Å². The molecule has 1 aromatic carbocycles. The maximum Gasteiger partial charge on any atom is 0.237 e. The van der Waals surface area contributed by atoms with Crippen molar-refractivity contribution in [3.8, 4) is 11.7 Å². The first kappa shape index (κ1) is 24.7. The zero-order valence-corrected chi connectivity index (χ0v) is 20.9. The zero-order chi connectivity index (χ0) is 24.6. The summed E-state index contributed by atoms with van der Waals surface area (Å²) in [5.41, 5.74) is 1.93. The van der Waals surface area contributed by atoms with E-state index in [1.807, 2.05) is 48.0 Å². The van der Waals surface area contributed by atoms with Crippen molar-refractivity contribution in [3.63, 3.8) is 0 Å². The van der Waals surface area contributed by atoms with E-state index >= 15 is 0 Å². The lowest BCUT2D eigenvalue weighted by Gasteiger charge is -2.42. The molecule has 35 heavy (non-hydrogen) atoms. The predicted octanol–water partition coefficient (Wildman–Crippen LogP) is 2.98. The van der Waals surface area contributed by atoms with Gasteiger partial charge in [0.05, 0.1) is 13.2 Å². The van der Waals surface area contributed by atoms with Crippen molar-refractivity contribution in [2.24, 2.45) is 0 Å². The maximum atomic E-state index is 13.0. The van der Waals surface area contributed by atoms with E-state index in [0.717, 1.165) is 61.8 Å². The molecule has 0 aliphatic carbocycles. The molecule has 0 saturated carbocycles. The van der Waals surface area contributed by atoms with Crippen LogP contribution >= 0.6 is 0 Å². The standard InChI is InChI=1S/C26H35N7O2/c1-4-5-11-31-13-14-33(24-15-20(2)29-26(30-24)32-12-10-27-19-32)22(18-31)16-25(34)28-17-21-6-8-23(35-3)9-7-21/h6-10,12,15,19,22H,4-5,11,13-14,16-18H2,1-3H3,(H,28,34). The largest absolute Gasteiger partial charge is 0.497 e. The minimum atomic E-state index is 0.0291. The Morgan fingerprint density at radius 2 is 2.03 bits per heavy atom. The van der Waals surface area contributed by atoms with Crippen molar-refractivity contribution in [1.82, 2.24) is 29.7 Å². The number of amides is 1. The van der Waals surface area contributed by atoms with E-state index in [1.54, 1.807) is 19.6 Å². The number of hydrogen-bond acceptors (Lipinski definition) is 7. The Labute approximate surface area is 207 Å². The Bertz CT molecular complexity index is 1090. The van der Waals surface area contributed by atoms with E-state index < -0.39 is 0 Å². The molecule has 9 nitrogen and oxygen atoms in total. The van der Waals surface area contributed by atoms with Crippen LogP contribution in [0.4, 0.5) is 5.82 Å². The number of benzene rings is 1. The molecule has 2 aromatic heterocycles. The van der Waals surface area contributed by atoms with Crippen molar-refractivity contribution in [3.05, 3.63) is 60.3 Å². The van der Waals surface area contributed by atoms with Crippen molar-refractivity contribution in [2.75, 3.05) is 38.2 Å². The van der Waals surface area contributed by atoms with Gasteiger partial charge in [0.1, 0.15) is 17.9 Å². The van der Waals surface area contributed by atoms with Gasteiger partial charge in [-0.25, -0.2) is 9.97 Å². The highest BCUT2D eigenvalue weighted by Gasteiger charge is 2.30. The first-order chi connectivity index (χ1) is 17.1. The molecule has 186 valence electrons. The van der Waals surface area contributed by atoms with Gasteiger partial charge in [-0.1, -0.05) is 25.5 Å². The van der Waals surface area contributed by atoms with Crippen LogP contribution in [0.3, 0.4) is 0 Å². The third-order valence-electron chi connectivity index (χ3n) is 6.32. The SMILES string of the molecule is CCCCN1CCN(c2cc(C)nc(-n3ccnc3)n2)C(CC(=O)NCc2ccc(OC)cc2)C1.